The molecule has 1 rings (SSSR count). The van der Waals surface area contributed by atoms with Gasteiger partial charge in [0.05, 0.1) is 13.7 Å². The molecule has 19 heavy (non-hydrogen) atoms. The summed E-state index contributed by atoms with van der Waals surface area (Å²) in [6.07, 6.45) is -0.167. The van der Waals surface area contributed by atoms with Crippen LogP contribution in [0.1, 0.15) is 27.2 Å². The number of thiophene rings is 1. The molecule has 8 heteroatoms. The fourth-order valence-electron chi connectivity index (χ4n) is 1.57. The molecule has 1 atom stereocenters. The lowest BCUT2D eigenvalue weighted by Gasteiger charge is -2.22. The zero-order valence-electron chi connectivity index (χ0n) is 10.9. The summed E-state index contributed by atoms with van der Waals surface area (Å²) in [7, 11) is -3.60. The Balaban J connectivity index is 2.69. The fourth-order valence-corrected chi connectivity index (χ4v) is 6.45. The number of sulfonamides is 1. The maximum absolute atomic E-state index is 12.1. The molecule has 0 aromatic carbocycles. The van der Waals surface area contributed by atoms with Crippen molar-refractivity contribution in [2.75, 3.05) is 6.54 Å². The molecule has 110 valence electrons. The molecule has 1 aromatic heterocycles. The molecule has 0 bridgehead atoms. The van der Waals surface area contributed by atoms with E-state index in [4.69, 9.17) is 0 Å². The highest BCUT2D eigenvalue weighted by molar-refractivity contribution is 9.12. The molecule has 0 fully saturated rings. The predicted molar refractivity (Wildman–Crippen MR) is 85.0 cm³/mol. The molecular weight excluding hydrogens is 418 g/mol. The average molecular weight is 435 g/mol. The Kier molecular flexibility index (Phi) is 6.04. The van der Waals surface area contributed by atoms with Crippen molar-refractivity contribution in [2.45, 2.75) is 38.2 Å². The summed E-state index contributed by atoms with van der Waals surface area (Å²) in [4.78, 5) is 0.187. The third kappa shape index (κ3) is 5.81. The van der Waals surface area contributed by atoms with Crippen LogP contribution in [-0.4, -0.2) is 26.2 Å². The van der Waals surface area contributed by atoms with E-state index in [-0.39, 0.29) is 16.9 Å². The first kappa shape index (κ1) is 17.6. The van der Waals surface area contributed by atoms with Crippen LogP contribution in [-0.2, 0) is 10.0 Å². The number of aliphatic hydroxyl groups excluding tert-OH is 1. The summed E-state index contributed by atoms with van der Waals surface area (Å²) in [6, 6.07) is 1.53. The van der Waals surface area contributed by atoms with E-state index in [2.05, 4.69) is 36.6 Å². The number of hydrogen-bond acceptors (Lipinski definition) is 4. The third-order valence-electron chi connectivity index (χ3n) is 2.27. The SMILES string of the molecule is CC(C)(C)CC(O)CNS(=O)(=O)c1cc(Br)sc1Br. The first-order valence-electron chi connectivity index (χ1n) is 5.64. The summed E-state index contributed by atoms with van der Waals surface area (Å²) >= 11 is 7.75. The van der Waals surface area contributed by atoms with Crippen LogP contribution in [0.25, 0.3) is 0 Å². The van der Waals surface area contributed by atoms with Gasteiger partial charge in [-0.25, -0.2) is 13.1 Å². The van der Waals surface area contributed by atoms with Gasteiger partial charge in [-0.15, -0.1) is 11.3 Å². The van der Waals surface area contributed by atoms with Crippen molar-refractivity contribution >= 4 is 53.2 Å². The monoisotopic (exact) mass is 433 g/mol. The van der Waals surface area contributed by atoms with E-state index in [1.165, 1.54) is 17.4 Å². The first-order valence-corrected chi connectivity index (χ1v) is 9.52. The van der Waals surface area contributed by atoms with Gasteiger partial charge < -0.3 is 5.11 Å². The number of nitrogens with one attached hydrogen (secondary N) is 1. The Labute approximate surface area is 134 Å². The van der Waals surface area contributed by atoms with Crippen molar-refractivity contribution in [3.63, 3.8) is 0 Å². The highest BCUT2D eigenvalue weighted by Gasteiger charge is 2.23. The van der Waals surface area contributed by atoms with Crippen molar-refractivity contribution in [3.05, 3.63) is 13.6 Å². The predicted octanol–water partition coefficient (Wildman–Crippen LogP) is 3.35. The number of aliphatic hydroxyl groups is 1. The van der Waals surface area contributed by atoms with Gasteiger partial charge in [-0.05, 0) is 49.8 Å². The lowest BCUT2D eigenvalue weighted by Crippen LogP contribution is -2.34. The van der Waals surface area contributed by atoms with Gasteiger partial charge in [0, 0.05) is 6.54 Å². The largest absolute Gasteiger partial charge is 0.392 e. The molecule has 0 amide bonds. The van der Waals surface area contributed by atoms with Crippen molar-refractivity contribution in [3.8, 4) is 0 Å². The minimum Gasteiger partial charge on any atom is -0.392 e. The van der Waals surface area contributed by atoms with Crippen LogP contribution in [0, 0.1) is 5.41 Å². The van der Waals surface area contributed by atoms with E-state index in [0.29, 0.717) is 10.2 Å². The molecule has 2 N–H and O–H groups in total. The van der Waals surface area contributed by atoms with Crippen molar-refractivity contribution in [1.29, 1.82) is 0 Å². The normalized spacial score (nSPS) is 14.6. The van der Waals surface area contributed by atoms with Crippen LogP contribution in [0.4, 0.5) is 0 Å². The summed E-state index contributed by atoms with van der Waals surface area (Å²) in [6.45, 7) is 6.01. The number of halogens is 2. The number of hydrogen-bond donors (Lipinski definition) is 2. The molecule has 1 aromatic rings. The Morgan fingerprint density at radius 3 is 2.42 bits per heavy atom. The van der Waals surface area contributed by atoms with Gasteiger partial charge in [-0.1, -0.05) is 20.8 Å². The minimum absolute atomic E-state index is 0.0134. The maximum atomic E-state index is 12.1. The van der Waals surface area contributed by atoms with Crippen LogP contribution in [0.15, 0.2) is 18.5 Å². The lowest BCUT2D eigenvalue weighted by molar-refractivity contribution is 0.125. The Hall–Kier alpha value is 0.530. The van der Waals surface area contributed by atoms with E-state index in [1.807, 2.05) is 20.8 Å². The van der Waals surface area contributed by atoms with Crippen molar-refractivity contribution in [2.24, 2.45) is 5.41 Å². The van der Waals surface area contributed by atoms with Gasteiger partial charge in [0.1, 0.15) is 4.90 Å². The summed E-state index contributed by atoms with van der Waals surface area (Å²) in [5.41, 5.74) is -0.0448. The van der Waals surface area contributed by atoms with Gasteiger partial charge in [0.15, 0.2) is 0 Å². The molecule has 0 aliphatic rings. The molecule has 0 saturated heterocycles. The van der Waals surface area contributed by atoms with Crippen LogP contribution in [0.3, 0.4) is 0 Å². The van der Waals surface area contributed by atoms with Gasteiger partial charge in [0.2, 0.25) is 10.0 Å². The van der Waals surface area contributed by atoms with E-state index >= 15 is 0 Å². The quantitative estimate of drug-likeness (QED) is 0.746. The van der Waals surface area contributed by atoms with Crippen LogP contribution in [0.2, 0.25) is 0 Å². The van der Waals surface area contributed by atoms with Gasteiger partial charge >= 0.3 is 0 Å². The summed E-state index contributed by atoms with van der Waals surface area (Å²) in [5, 5.41) is 9.82. The van der Waals surface area contributed by atoms with E-state index in [0.717, 1.165) is 3.79 Å². The zero-order chi connectivity index (χ0) is 14.8. The standard InChI is InChI=1S/C11H17Br2NO3S2/c1-11(2,3)5-7(15)6-14-19(16,17)8-4-9(12)18-10(8)13/h4,7,14-15H,5-6H2,1-3H3. The zero-order valence-corrected chi connectivity index (χ0v) is 15.7. The molecule has 0 aliphatic carbocycles. The van der Waals surface area contributed by atoms with E-state index < -0.39 is 16.1 Å². The summed E-state index contributed by atoms with van der Waals surface area (Å²) in [5.74, 6) is 0. The topological polar surface area (TPSA) is 66.4 Å². The Morgan fingerprint density at radius 2 is 2.00 bits per heavy atom. The second-order valence-corrected chi connectivity index (χ2v) is 10.9. The molecular formula is C11H17Br2NO3S2. The van der Waals surface area contributed by atoms with Crippen LogP contribution in [0.5, 0.6) is 0 Å². The second-order valence-electron chi connectivity index (χ2n) is 5.46. The molecule has 0 spiro atoms. The minimum atomic E-state index is -3.60. The molecule has 1 heterocycles. The van der Waals surface area contributed by atoms with Crippen LogP contribution < -0.4 is 4.72 Å². The van der Waals surface area contributed by atoms with Gasteiger partial charge in [0.25, 0.3) is 0 Å². The summed E-state index contributed by atoms with van der Waals surface area (Å²) < 4.78 is 27.8. The molecule has 0 saturated carbocycles. The van der Waals surface area contributed by atoms with Gasteiger partial charge in [-0.3, -0.25) is 0 Å². The van der Waals surface area contributed by atoms with Crippen molar-refractivity contribution in [1.82, 2.24) is 4.72 Å². The number of rotatable bonds is 5. The fraction of sp³-hybridized carbons (Fsp3) is 0.636. The van der Waals surface area contributed by atoms with E-state index in [9.17, 15) is 13.5 Å². The molecule has 4 nitrogen and oxygen atoms in total. The lowest BCUT2D eigenvalue weighted by atomic mass is 9.89. The van der Waals surface area contributed by atoms with Crippen LogP contribution >= 0.6 is 43.2 Å². The highest BCUT2D eigenvalue weighted by atomic mass is 79.9. The Morgan fingerprint density at radius 1 is 1.42 bits per heavy atom. The maximum Gasteiger partial charge on any atom is 0.242 e. The van der Waals surface area contributed by atoms with Gasteiger partial charge in [-0.2, -0.15) is 0 Å². The second kappa shape index (κ2) is 6.53. The average Bonchev–Trinajstić information content (AvgIpc) is 2.53. The third-order valence-corrected chi connectivity index (χ3v) is 6.45. The first-order chi connectivity index (χ1) is 8.51. The smallest absolute Gasteiger partial charge is 0.242 e. The highest BCUT2D eigenvalue weighted by Crippen LogP contribution is 2.34. The van der Waals surface area contributed by atoms with Crippen molar-refractivity contribution < 1.29 is 13.5 Å². The van der Waals surface area contributed by atoms with E-state index in [1.54, 1.807) is 0 Å². The molecule has 0 aliphatic heterocycles. The molecule has 1 unspecified atom stereocenters. The molecule has 0 radical (unpaired) electrons. The Bertz CT molecular complexity index is 535.